The van der Waals surface area contributed by atoms with Gasteiger partial charge in [-0.15, -0.1) is 10.2 Å². The summed E-state index contributed by atoms with van der Waals surface area (Å²) in [6.45, 7) is 2.07. The number of carbonyl (C=O) groups is 1. The summed E-state index contributed by atoms with van der Waals surface area (Å²) in [4.78, 5) is 13.1. The first-order valence-corrected chi connectivity index (χ1v) is 7.01. The van der Waals surface area contributed by atoms with Crippen molar-refractivity contribution in [3.63, 3.8) is 0 Å². The molecule has 1 heterocycles. The van der Waals surface area contributed by atoms with Gasteiger partial charge in [0.05, 0.1) is 5.56 Å². The Kier molecular flexibility index (Phi) is 6.22. The van der Waals surface area contributed by atoms with Crippen LogP contribution in [0.3, 0.4) is 0 Å². The second-order valence-electron chi connectivity index (χ2n) is 4.39. The topological polar surface area (TPSA) is 46.1 Å². The summed E-state index contributed by atoms with van der Waals surface area (Å²) in [7, 11) is 0. The van der Waals surface area contributed by atoms with E-state index in [0.717, 1.165) is 11.0 Å². The quantitative estimate of drug-likeness (QED) is 0.812. The number of nitrogens with zero attached hydrogens (tertiary/aromatic N) is 3. The normalized spacial score (nSPS) is 11.8. The number of halogens is 5. The van der Waals surface area contributed by atoms with E-state index in [0.29, 0.717) is 12.8 Å². The molecule has 0 spiro atoms. The van der Waals surface area contributed by atoms with Crippen molar-refractivity contribution in [2.75, 3.05) is 6.54 Å². The second-order valence-corrected chi connectivity index (χ2v) is 5.14. The van der Waals surface area contributed by atoms with Crippen LogP contribution in [-0.2, 0) is 0 Å². The molecular weight excluding hydrogens is 330 g/mol. The van der Waals surface area contributed by atoms with Crippen LogP contribution >= 0.6 is 23.2 Å². The molecule has 0 bridgehead atoms. The van der Waals surface area contributed by atoms with E-state index in [1.54, 1.807) is 13.8 Å². The lowest BCUT2D eigenvalue weighted by atomic mass is 10.1. The van der Waals surface area contributed by atoms with E-state index < -0.39 is 24.7 Å². The van der Waals surface area contributed by atoms with Gasteiger partial charge in [-0.05, 0) is 18.9 Å². The van der Waals surface area contributed by atoms with E-state index in [9.17, 15) is 18.0 Å². The fraction of sp³-hybridized carbons (Fsp3) is 0.583. The van der Waals surface area contributed by atoms with Crippen molar-refractivity contribution in [3.8, 4) is 0 Å². The van der Waals surface area contributed by atoms with Crippen LogP contribution in [0.25, 0.3) is 0 Å². The van der Waals surface area contributed by atoms with Gasteiger partial charge in [0.25, 0.3) is 5.91 Å². The molecular formula is C12H14Cl2F3N3O. The number of carbonyl (C=O) groups excluding carboxylic acids is 1. The molecule has 0 aromatic carbocycles. The molecule has 1 aromatic heterocycles. The summed E-state index contributed by atoms with van der Waals surface area (Å²) in [6.07, 6.45) is -3.72. The van der Waals surface area contributed by atoms with E-state index in [-0.39, 0.29) is 15.9 Å². The maximum Gasteiger partial charge on any atom is 0.406 e. The minimum Gasteiger partial charge on any atom is -0.326 e. The number of hydrogen-bond donors (Lipinski definition) is 0. The van der Waals surface area contributed by atoms with Crippen molar-refractivity contribution >= 4 is 29.1 Å². The Morgan fingerprint density at radius 2 is 1.86 bits per heavy atom. The standard InChI is InChI=1S/C12H14Cl2F3N3O/c1-3-7(4-2)20(6-12(15,16)17)11(21)8-5-9(13)18-19-10(8)14/h5,7H,3-4,6H2,1-2H3. The van der Waals surface area contributed by atoms with Gasteiger partial charge < -0.3 is 4.90 Å². The molecule has 0 radical (unpaired) electrons. The van der Waals surface area contributed by atoms with Gasteiger partial charge in [0.15, 0.2) is 10.3 Å². The fourth-order valence-corrected chi connectivity index (χ4v) is 2.27. The highest BCUT2D eigenvalue weighted by molar-refractivity contribution is 6.34. The van der Waals surface area contributed by atoms with E-state index in [1.807, 2.05) is 0 Å². The molecule has 21 heavy (non-hydrogen) atoms. The van der Waals surface area contributed by atoms with Crippen LogP contribution in [0.1, 0.15) is 37.0 Å². The summed E-state index contributed by atoms with van der Waals surface area (Å²) in [5, 5.41) is 6.49. The number of hydrogen-bond acceptors (Lipinski definition) is 3. The van der Waals surface area contributed by atoms with Crippen molar-refractivity contribution in [1.82, 2.24) is 15.1 Å². The van der Waals surface area contributed by atoms with Crippen LogP contribution in [-0.4, -0.2) is 39.8 Å². The SMILES string of the molecule is CCC(CC)N(CC(F)(F)F)C(=O)c1cc(Cl)nnc1Cl. The molecule has 1 rings (SSSR count). The molecule has 0 atom stereocenters. The van der Waals surface area contributed by atoms with Crippen LogP contribution in [0.5, 0.6) is 0 Å². The van der Waals surface area contributed by atoms with E-state index in [1.165, 1.54) is 0 Å². The Hall–Kier alpha value is -1.08. The second kappa shape index (κ2) is 7.26. The number of alkyl halides is 3. The van der Waals surface area contributed by atoms with Crippen LogP contribution in [0.2, 0.25) is 10.3 Å². The summed E-state index contributed by atoms with van der Waals surface area (Å²) in [5.41, 5.74) is -0.187. The molecule has 9 heteroatoms. The van der Waals surface area contributed by atoms with Crippen molar-refractivity contribution in [3.05, 3.63) is 21.9 Å². The third kappa shape index (κ3) is 5.00. The largest absolute Gasteiger partial charge is 0.406 e. The molecule has 1 amide bonds. The minimum absolute atomic E-state index is 0.112. The average molecular weight is 344 g/mol. The van der Waals surface area contributed by atoms with Crippen LogP contribution in [0.15, 0.2) is 6.07 Å². The highest BCUT2D eigenvalue weighted by atomic mass is 35.5. The summed E-state index contributed by atoms with van der Waals surface area (Å²) in [5.74, 6) is -0.858. The molecule has 0 aliphatic heterocycles. The van der Waals surface area contributed by atoms with Gasteiger partial charge in [0.2, 0.25) is 0 Å². The van der Waals surface area contributed by atoms with Crippen molar-refractivity contribution in [1.29, 1.82) is 0 Å². The first kappa shape index (κ1) is 18.0. The van der Waals surface area contributed by atoms with Crippen molar-refractivity contribution < 1.29 is 18.0 Å². The highest BCUT2D eigenvalue weighted by Crippen LogP contribution is 2.25. The van der Waals surface area contributed by atoms with E-state index in [4.69, 9.17) is 23.2 Å². The van der Waals surface area contributed by atoms with Gasteiger partial charge in [-0.25, -0.2) is 0 Å². The van der Waals surface area contributed by atoms with Gasteiger partial charge in [-0.1, -0.05) is 37.0 Å². The molecule has 0 fully saturated rings. The minimum atomic E-state index is -4.50. The Morgan fingerprint density at radius 1 is 1.29 bits per heavy atom. The zero-order chi connectivity index (χ0) is 16.2. The average Bonchev–Trinajstić information content (AvgIpc) is 2.39. The van der Waals surface area contributed by atoms with Gasteiger partial charge in [-0.3, -0.25) is 4.79 Å². The third-order valence-electron chi connectivity index (χ3n) is 2.94. The first-order chi connectivity index (χ1) is 9.69. The molecule has 0 saturated carbocycles. The van der Waals surface area contributed by atoms with Gasteiger partial charge >= 0.3 is 6.18 Å². The molecule has 118 valence electrons. The summed E-state index contributed by atoms with van der Waals surface area (Å²) in [6, 6.07) is 0.562. The lowest BCUT2D eigenvalue weighted by Gasteiger charge is -2.31. The zero-order valence-electron chi connectivity index (χ0n) is 11.4. The molecule has 0 aliphatic carbocycles. The monoisotopic (exact) mass is 343 g/mol. The zero-order valence-corrected chi connectivity index (χ0v) is 12.9. The van der Waals surface area contributed by atoms with Gasteiger partial charge in [-0.2, -0.15) is 13.2 Å². The van der Waals surface area contributed by atoms with Crippen LogP contribution in [0.4, 0.5) is 13.2 Å². The highest BCUT2D eigenvalue weighted by Gasteiger charge is 2.36. The lowest BCUT2D eigenvalue weighted by Crippen LogP contribution is -2.45. The maximum atomic E-state index is 12.7. The summed E-state index contributed by atoms with van der Waals surface area (Å²) < 4.78 is 38.1. The Labute approximate surface area is 130 Å². The van der Waals surface area contributed by atoms with Crippen LogP contribution in [0, 0.1) is 0 Å². The van der Waals surface area contributed by atoms with E-state index >= 15 is 0 Å². The molecule has 0 N–H and O–H groups in total. The molecule has 4 nitrogen and oxygen atoms in total. The molecule has 1 aromatic rings. The first-order valence-electron chi connectivity index (χ1n) is 6.26. The smallest absolute Gasteiger partial charge is 0.326 e. The predicted molar refractivity (Wildman–Crippen MR) is 73.5 cm³/mol. The summed E-state index contributed by atoms with van der Waals surface area (Å²) >= 11 is 11.4. The van der Waals surface area contributed by atoms with Gasteiger partial charge in [0.1, 0.15) is 6.54 Å². The number of amides is 1. The molecule has 0 unspecified atom stereocenters. The third-order valence-corrected chi connectivity index (χ3v) is 3.41. The maximum absolute atomic E-state index is 12.7. The van der Waals surface area contributed by atoms with Crippen molar-refractivity contribution in [2.24, 2.45) is 0 Å². The number of rotatable bonds is 5. The van der Waals surface area contributed by atoms with Crippen LogP contribution < -0.4 is 0 Å². The number of aromatic nitrogens is 2. The van der Waals surface area contributed by atoms with E-state index in [2.05, 4.69) is 10.2 Å². The van der Waals surface area contributed by atoms with Crippen molar-refractivity contribution in [2.45, 2.75) is 38.9 Å². The Morgan fingerprint density at radius 3 is 2.33 bits per heavy atom. The molecule has 0 saturated heterocycles. The fourth-order valence-electron chi connectivity index (χ4n) is 1.95. The Balaban J connectivity index is 3.18. The molecule has 0 aliphatic rings. The lowest BCUT2D eigenvalue weighted by molar-refractivity contribution is -0.144. The van der Waals surface area contributed by atoms with Gasteiger partial charge in [0, 0.05) is 6.04 Å². The predicted octanol–water partition coefficient (Wildman–Crippen LogP) is 3.98. The Bertz CT molecular complexity index is 507.